The first-order valence-electron chi connectivity index (χ1n) is 5.41. The number of hydrogen-bond acceptors (Lipinski definition) is 5. The summed E-state index contributed by atoms with van der Waals surface area (Å²) in [6, 6.07) is 4.66. The maximum Gasteiger partial charge on any atom is 0.128 e. The van der Waals surface area contributed by atoms with E-state index in [1.807, 2.05) is 6.92 Å². The van der Waals surface area contributed by atoms with Crippen LogP contribution in [0.5, 0.6) is 11.5 Å². The Bertz CT molecular complexity index is 403. The van der Waals surface area contributed by atoms with Crippen LogP contribution in [0.4, 0.5) is 0 Å². The fourth-order valence-electron chi connectivity index (χ4n) is 1.27. The lowest BCUT2D eigenvalue weighted by Crippen LogP contribution is -2.16. The number of nitrogens with zero attached hydrogens (tertiary/aromatic N) is 1. The molecule has 1 unspecified atom stereocenters. The van der Waals surface area contributed by atoms with Crippen molar-refractivity contribution >= 4 is 5.71 Å². The first kappa shape index (κ1) is 13.3. The fourth-order valence-corrected chi connectivity index (χ4v) is 1.27. The van der Waals surface area contributed by atoms with E-state index in [0.717, 1.165) is 0 Å². The second kappa shape index (κ2) is 6.10. The van der Waals surface area contributed by atoms with Gasteiger partial charge in [-0.05, 0) is 25.5 Å². The maximum atomic E-state index is 9.68. The summed E-state index contributed by atoms with van der Waals surface area (Å²) in [6.45, 7) is 3.62. The number of phenols is 1. The van der Waals surface area contributed by atoms with Crippen molar-refractivity contribution in [2.24, 2.45) is 5.16 Å². The van der Waals surface area contributed by atoms with Gasteiger partial charge in [0.05, 0.1) is 11.8 Å². The molecule has 0 amide bonds. The summed E-state index contributed by atoms with van der Waals surface area (Å²) in [5.41, 5.74) is 0.763. The minimum atomic E-state index is -0.516. The van der Waals surface area contributed by atoms with Crippen molar-refractivity contribution < 1.29 is 20.2 Å². The summed E-state index contributed by atoms with van der Waals surface area (Å²) >= 11 is 0. The van der Waals surface area contributed by atoms with Gasteiger partial charge in [-0.25, -0.2) is 0 Å². The topological polar surface area (TPSA) is 82.3 Å². The van der Waals surface area contributed by atoms with Crippen LogP contribution in [-0.2, 0) is 0 Å². The zero-order valence-electron chi connectivity index (χ0n) is 9.92. The van der Waals surface area contributed by atoms with Crippen molar-refractivity contribution in [3.63, 3.8) is 0 Å². The van der Waals surface area contributed by atoms with E-state index in [1.54, 1.807) is 19.1 Å². The molecule has 0 saturated heterocycles. The number of aliphatic hydroxyl groups excluding tert-OH is 1. The van der Waals surface area contributed by atoms with Gasteiger partial charge in [-0.1, -0.05) is 12.1 Å². The monoisotopic (exact) mass is 239 g/mol. The smallest absolute Gasteiger partial charge is 0.128 e. The normalized spacial score (nSPS) is 13.5. The van der Waals surface area contributed by atoms with Crippen LogP contribution in [0.1, 0.15) is 25.8 Å². The molecule has 17 heavy (non-hydrogen) atoms. The van der Waals surface area contributed by atoms with E-state index >= 15 is 0 Å². The first-order chi connectivity index (χ1) is 8.08. The summed E-state index contributed by atoms with van der Waals surface area (Å²) in [5, 5.41) is 30.6. The Labute approximate surface area is 100.0 Å². The molecular formula is C12H17NO4. The average molecular weight is 239 g/mol. The number of aliphatic hydroxyl groups is 1. The molecular weight excluding hydrogens is 222 g/mol. The van der Waals surface area contributed by atoms with E-state index in [1.165, 1.54) is 6.07 Å². The van der Waals surface area contributed by atoms with Crippen LogP contribution in [0.25, 0.3) is 0 Å². The lowest BCUT2D eigenvalue weighted by atomic mass is 10.1. The van der Waals surface area contributed by atoms with Gasteiger partial charge in [-0.3, -0.25) is 0 Å². The van der Waals surface area contributed by atoms with Gasteiger partial charge in [0.15, 0.2) is 0 Å². The molecule has 0 aliphatic heterocycles. The van der Waals surface area contributed by atoms with Crippen molar-refractivity contribution in [2.45, 2.75) is 26.4 Å². The van der Waals surface area contributed by atoms with Gasteiger partial charge in [0.1, 0.15) is 18.1 Å². The Morgan fingerprint density at radius 3 is 2.71 bits per heavy atom. The predicted octanol–water partition coefficient (Wildman–Crippen LogP) is 1.74. The molecule has 0 bridgehead atoms. The Balaban J connectivity index is 2.75. The molecule has 0 aromatic heterocycles. The summed E-state index contributed by atoms with van der Waals surface area (Å²) in [7, 11) is 0. The van der Waals surface area contributed by atoms with Crippen LogP contribution in [-0.4, -0.2) is 33.8 Å². The van der Waals surface area contributed by atoms with Crippen LogP contribution in [0.15, 0.2) is 23.4 Å². The number of rotatable bonds is 5. The first-order valence-corrected chi connectivity index (χ1v) is 5.41. The number of benzene rings is 1. The summed E-state index contributed by atoms with van der Waals surface area (Å²) < 4.78 is 5.30. The van der Waals surface area contributed by atoms with Gasteiger partial charge < -0.3 is 20.2 Å². The highest BCUT2D eigenvalue weighted by atomic mass is 16.5. The van der Waals surface area contributed by atoms with Crippen molar-refractivity contribution in [3.05, 3.63) is 23.8 Å². The lowest BCUT2D eigenvalue weighted by molar-refractivity contribution is 0.104. The van der Waals surface area contributed by atoms with Crippen LogP contribution in [0.3, 0.4) is 0 Å². The Morgan fingerprint density at radius 2 is 2.18 bits per heavy atom. The zero-order valence-corrected chi connectivity index (χ0v) is 9.92. The molecule has 0 aliphatic rings. The second-order valence-corrected chi connectivity index (χ2v) is 3.74. The quantitative estimate of drug-likeness (QED) is 0.415. The molecule has 1 atom stereocenters. The van der Waals surface area contributed by atoms with Crippen molar-refractivity contribution in [2.75, 3.05) is 6.61 Å². The molecule has 94 valence electrons. The molecule has 5 heteroatoms. The van der Waals surface area contributed by atoms with Gasteiger partial charge in [0.2, 0.25) is 0 Å². The maximum absolute atomic E-state index is 9.68. The van der Waals surface area contributed by atoms with Crippen LogP contribution < -0.4 is 4.74 Å². The molecule has 5 nitrogen and oxygen atoms in total. The minimum absolute atomic E-state index is 0.0243. The van der Waals surface area contributed by atoms with E-state index < -0.39 is 6.10 Å². The van der Waals surface area contributed by atoms with E-state index in [4.69, 9.17) is 9.94 Å². The zero-order chi connectivity index (χ0) is 12.8. The van der Waals surface area contributed by atoms with Crippen LogP contribution in [0, 0.1) is 0 Å². The SMILES string of the molecule is CCC(O)COc1ccc(/C(C)=N/O)c(O)c1. The average Bonchev–Trinajstić information content (AvgIpc) is 2.35. The molecule has 1 rings (SSSR count). The molecule has 0 heterocycles. The standard InChI is InChI=1S/C12H17NO4/c1-3-9(14)7-17-10-4-5-11(8(2)13-16)12(15)6-10/h4-6,9,14-16H,3,7H2,1-2H3/b13-8+. The highest BCUT2D eigenvalue weighted by molar-refractivity contribution is 6.00. The second-order valence-electron chi connectivity index (χ2n) is 3.74. The molecule has 0 spiro atoms. The third-order valence-corrected chi connectivity index (χ3v) is 2.42. The molecule has 0 saturated carbocycles. The Kier molecular flexibility index (Phi) is 4.78. The van der Waals surface area contributed by atoms with Crippen LogP contribution in [0.2, 0.25) is 0 Å². The van der Waals surface area contributed by atoms with E-state index in [9.17, 15) is 10.2 Å². The summed E-state index contributed by atoms with van der Waals surface area (Å²) in [4.78, 5) is 0. The van der Waals surface area contributed by atoms with Gasteiger partial charge in [0, 0.05) is 11.6 Å². The highest BCUT2D eigenvalue weighted by Gasteiger charge is 2.08. The fraction of sp³-hybridized carbons (Fsp3) is 0.417. The predicted molar refractivity (Wildman–Crippen MR) is 63.9 cm³/mol. The van der Waals surface area contributed by atoms with Crippen LogP contribution >= 0.6 is 0 Å². The number of phenolic OH excluding ortho intramolecular Hbond substituents is 1. The number of ether oxygens (including phenoxy) is 1. The number of aromatic hydroxyl groups is 1. The van der Waals surface area contributed by atoms with Gasteiger partial charge in [-0.15, -0.1) is 0 Å². The van der Waals surface area contributed by atoms with Gasteiger partial charge in [0.25, 0.3) is 0 Å². The van der Waals surface area contributed by atoms with E-state index in [-0.39, 0.29) is 12.4 Å². The molecule has 1 aromatic carbocycles. The molecule has 0 fully saturated rings. The molecule has 1 aromatic rings. The lowest BCUT2D eigenvalue weighted by Gasteiger charge is -2.11. The van der Waals surface area contributed by atoms with Crippen molar-refractivity contribution in [3.8, 4) is 11.5 Å². The van der Waals surface area contributed by atoms with Crippen molar-refractivity contribution in [1.29, 1.82) is 0 Å². The number of hydrogen-bond donors (Lipinski definition) is 3. The molecule has 0 aliphatic carbocycles. The molecule has 0 radical (unpaired) electrons. The molecule has 3 N–H and O–H groups in total. The highest BCUT2D eigenvalue weighted by Crippen LogP contribution is 2.24. The third-order valence-electron chi connectivity index (χ3n) is 2.42. The van der Waals surface area contributed by atoms with E-state index in [0.29, 0.717) is 23.4 Å². The van der Waals surface area contributed by atoms with Gasteiger partial charge >= 0.3 is 0 Å². The Morgan fingerprint density at radius 1 is 1.47 bits per heavy atom. The number of oxime groups is 1. The summed E-state index contributed by atoms with van der Waals surface area (Å²) in [5.74, 6) is 0.438. The largest absolute Gasteiger partial charge is 0.507 e. The third kappa shape index (κ3) is 3.64. The Hall–Kier alpha value is -1.75. The summed E-state index contributed by atoms with van der Waals surface area (Å²) in [6.07, 6.45) is 0.0953. The van der Waals surface area contributed by atoms with Crippen molar-refractivity contribution in [1.82, 2.24) is 0 Å². The minimum Gasteiger partial charge on any atom is -0.507 e. The van der Waals surface area contributed by atoms with E-state index in [2.05, 4.69) is 5.16 Å². The van der Waals surface area contributed by atoms with Gasteiger partial charge in [-0.2, -0.15) is 0 Å².